The van der Waals surface area contributed by atoms with Crippen LogP contribution < -0.4 is 5.32 Å². The van der Waals surface area contributed by atoms with Gasteiger partial charge in [0.2, 0.25) is 5.91 Å². The Balaban J connectivity index is 1.24. The van der Waals surface area contributed by atoms with Crippen LogP contribution in [0.3, 0.4) is 0 Å². The van der Waals surface area contributed by atoms with Crippen LogP contribution >= 0.6 is 11.3 Å². The van der Waals surface area contributed by atoms with Crippen LogP contribution in [0.2, 0.25) is 0 Å². The van der Waals surface area contributed by atoms with E-state index >= 15 is 0 Å². The number of hydrogen-bond acceptors (Lipinski definition) is 5. The van der Waals surface area contributed by atoms with E-state index in [1.54, 1.807) is 0 Å². The summed E-state index contributed by atoms with van der Waals surface area (Å²) in [6, 6.07) is 0. The normalized spacial score (nSPS) is 30.4. The molecule has 0 unspecified atom stereocenters. The maximum Gasteiger partial charge on any atom is 0.422 e. The third kappa shape index (κ3) is 4.92. The van der Waals surface area contributed by atoms with Gasteiger partial charge in [0.15, 0.2) is 11.7 Å². The third-order valence-corrected chi connectivity index (χ3v) is 7.27. The topological polar surface area (TPSA) is 68.3 Å². The molecule has 4 saturated carbocycles. The Morgan fingerprint density at radius 3 is 2.34 bits per heavy atom. The van der Waals surface area contributed by atoms with E-state index in [1.165, 1.54) is 49.9 Å². The van der Waals surface area contributed by atoms with Gasteiger partial charge < -0.3 is 10.1 Å². The second-order valence-corrected chi connectivity index (χ2v) is 9.77. The molecule has 1 N–H and O–H groups in total. The highest BCUT2D eigenvalue weighted by Crippen LogP contribution is 2.60. The summed E-state index contributed by atoms with van der Waals surface area (Å²) in [5.74, 6) is 1.21. The van der Waals surface area contributed by atoms with E-state index in [-0.39, 0.29) is 30.6 Å². The lowest BCUT2D eigenvalue weighted by molar-refractivity contribution is -0.186. The first-order chi connectivity index (χ1) is 13.7. The fourth-order valence-corrected chi connectivity index (χ4v) is 6.66. The number of rotatable bonds is 7. The zero-order valence-electron chi connectivity index (χ0n) is 16.1. The Hall–Kier alpha value is -1.64. The van der Waals surface area contributed by atoms with Crippen molar-refractivity contribution >= 4 is 28.3 Å². The molecular formula is C20H25F3N2O3S. The summed E-state index contributed by atoms with van der Waals surface area (Å²) in [6.45, 7) is -1.59. The molecule has 5 nitrogen and oxygen atoms in total. The molecule has 1 heterocycles. The van der Waals surface area contributed by atoms with Crippen molar-refractivity contribution in [3.8, 4) is 0 Å². The smallest absolute Gasteiger partial charge is 0.422 e. The first-order valence-electron chi connectivity index (χ1n) is 10.2. The van der Waals surface area contributed by atoms with E-state index in [0.29, 0.717) is 5.13 Å². The number of thiazole rings is 1. The number of hydrogen-bond donors (Lipinski definition) is 1. The SMILES string of the molecule is O=C(CCCC(=O)OCC(F)(F)F)Nc1nc(C23CC4CC(CC(C4)C2)C3)cs1. The number of nitrogens with zero attached hydrogens (tertiary/aromatic N) is 1. The Bertz CT molecular complexity index is 742. The molecule has 0 saturated heterocycles. The number of halogens is 3. The van der Waals surface area contributed by atoms with Gasteiger partial charge in [0, 0.05) is 23.6 Å². The summed E-state index contributed by atoms with van der Waals surface area (Å²) < 4.78 is 40.1. The maximum atomic E-state index is 12.1. The fourth-order valence-electron chi connectivity index (χ4n) is 5.81. The zero-order chi connectivity index (χ0) is 20.6. The van der Waals surface area contributed by atoms with Crippen LogP contribution in [0.5, 0.6) is 0 Å². The van der Waals surface area contributed by atoms with Gasteiger partial charge in [-0.3, -0.25) is 9.59 Å². The van der Waals surface area contributed by atoms with Crippen molar-refractivity contribution in [2.45, 2.75) is 69.4 Å². The largest absolute Gasteiger partial charge is 0.456 e. The Kier molecular flexibility index (Phi) is 5.61. The first-order valence-corrected chi connectivity index (χ1v) is 11.1. The van der Waals surface area contributed by atoms with Gasteiger partial charge in [0.05, 0.1) is 5.69 Å². The number of aromatic nitrogens is 1. The van der Waals surface area contributed by atoms with E-state index in [4.69, 9.17) is 4.98 Å². The average molecular weight is 430 g/mol. The Morgan fingerprint density at radius 2 is 1.76 bits per heavy atom. The van der Waals surface area contributed by atoms with Crippen LogP contribution in [0.1, 0.15) is 63.5 Å². The first kappa shape index (κ1) is 20.6. The predicted octanol–water partition coefficient (Wildman–Crippen LogP) is 4.83. The molecule has 0 atom stereocenters. The van der Waals surface area contributed by atoms with Gasteiger partial charge in [-0.25, -0.2) is 4.98 Å². The highest BCUT2D eigenvalue weighted by molar-refractivity contribution is 7.13. The number of carbonyl (C=O) groups excluding carboxylic acids is 2. The van der Waals surface area contributed by atoms with Gasteiger partial charge in [-0.15, -0.1) is 11.3 Å². The summed E-state index contributed by atoms with van der Waals surface area (Å²) in [5.41, 5.74) is 1.28. The van der Waals surface area contributed by atoms with Crippen molar-refractivity contribution in [3.63, 3.8) is 0 Å². The second kappa shape index (κ2) is 7.89. The van der Waals surface area contributed by atoms with Crippen molar-refractivity contribution in [3.05, 3.63) is 11.1 Å². The van der Waals surface area contributed by atoms with Gasteiger partial charge in [-0.2, -0.15) is 13.2 Å². The summed E-state index contributed by atoms with van der Waals surface area (Å²) in [5, 5.41) is 5.38. The van der Waals surface area contributed by atoms with E-state index in [9.17, 15) is 22.8 Å². The molecule has 5 rings (SSSR count). The van der Waals surface area contributed by atoms with E-state index < -0.39 is 18.8 Å². The van der Waals surface area contributed by atoms with Gasteiger partial charge in [0.25, 0.3) is 0 Å². The highest BCUT2D eigenvalue weighted by Gasteiger charge is 2.52. The molecule has 0 spiro atoms. The standard InChI is InChI=1S/C20H25F3N2O3S/c21-20(22,23)11-28-17(27)3-1-2-16(26)25-18-24-15(10-29-18)19-7-12-4-13(8-19)6-14(5-12)9-19/h10,12-14H,1-9,11H2,(H,24,25,26). The summed E-state index contributed by atoms with van der Waals surface area (Å²) in [7, 11) is 0. The molecular weight excluding hydrogens is 405 g/mol. The fraction of sp³-hybridized carbons (Fsp3) is 0.750. The maximum absolute atomic E-state index is 12.1. The van der Waals surface area contributed by atoms with Crippen LogP contribution in [0.4, 0.5) is 18.3 Å². The molecule has 0 aromatic carbocycles. The van der Waals surface area contributed by atoms with Crippen LogP contribution in [0.25, 0.3) is 0 Å². The minimum absolute atomic E-state index is 0.0351. The lowest BCUT2D eigenvalue weighted by Crippen LogP contribution is -2.48. The predicted molar refractivity (Wildman–Crippen MR) is 101 cm³/mol. The summed E-state index contributed by atoms with van der Waals surface area (Å²) >= 11 is 1.42. The van der Waals surface area contributed by atoms with Gasteiger partial charge in [-0.05, 0) is 62.7 Å². The van der Waals surface area contributed by atoms with E-state index in [0.717, 1.165) is 23.4 Å². The van der Waals surface area contributed by atoms with Crippen molar-refractivity contribution < 1.29 is 27.5 Å². The minimum atomic E-state index is -4.54. The van der Waals surface area contributed by atoms with Crippen LogP contribution in [-0.4, -0.2) is 29.6 Å². The third-order valence-electron chi connectivity index (χ3n) is 6.51. The van der Waals surface area contributed by atoms with E-state index in [2.05, 4.69) is 15.4 Å². The molecule has 4 bridgehead atoms. The quantitative estimate of drug-likeness (QED) is 0.630. The molecule has 1 amide bonds. The highest BCUT2D eigenvalue weighted by atomic mass is 32.1. The van der Waals surface area contributed by atoms with Crippen molar-refractivity contribution in [1.29, 1.82) is 0 Å². The number of nitrogens with one attached hydrogen (secondary N) is 1. The average Bonchev–Trinajstić information content (AvgIpc) is 3.07. The minimum Gasteiger partial charge on any atom is -0.456 e. The van der Waals surface area contributed by atoms with Gasteiger partial charge in [0.1, 0.15) is 0 Å². The molecule has 1 aromatic heterocycles. The molecule has 9 heteroatoms. The van der Waals surface area contributed by atoms with Crippen molar-refractivity contribution in [2.75, 3.05) is 11.9 Å². The van der Waals surface area contributed by atoms with Crippen LogP contribution in [-0.2, 0) is 19.7 Å². The molecule has 1 aromatic rings. The van der Waals surface area contributed by atoms with Gasteiger partial charge >= 0.3 is 12.1 Å². The van der Waals surface area contributed by atoms with Gasteiger partial charge in [-0.1, -0.05) is 0 Å². The molecule has 4 aliphatic rings. The van der Waals surface area contributed by atoms with Crippen molar-refractivity contribution in [2.24, 2.45) is 17.8 Å². The number of ether oxygens (including phenoxy) is 1. The lowest BCUT2D eigenvalue weighted by atomic mass is 9.49. The number of alkyl halides is 3. The molecule has 29 heavy (non-hydrogen) atoms. The number of anilines is 1. The lowest BCUT2D eigenvalue weighted by Gasteiger charge is -2.56. The Labute approximate surface area is 171 Å². The second-order valence-electron chi connectivity index (χ2n) is 8.91. The van der Waals surface area contributed by atoms with E-state index in [1.807, 2.05) is 0 Å². The number of esters is 1. The molecule has 0 radical (unpaired) electrons. The van der Waals surface area contributed by atoms with Crippen molar-refractivity contribution in [1.82, 2.24) is 4.98 Å². The van der Waals surface area contributed by atoms with Crippen LogP contribution in [0.15, 0.2) is 5.38 Å². The molecule has 160 valence electrons. The molecule has 4 aliphatic carbocycles. The molecule has 4 fully saturated rings. The monoisotopic (exact) mass is 430 g/mol. The summed E-state index contributed by atoms with van der Waals surface area (Å²) in [4.78, 5) is 28.1. The van der Waals surface area contributed by atoms with Crippen LogP contribution in [0, 0.1) is 17.8 Å². The Morgan fingerprint density at radius 1 is 1.14 bits per heavy atom. The summed E-state index contributed by atoms with van der Waals surface area (Å²) in [6.07, 6.45) is 3.10. The zero-order valence-corrected chi connectivity index (χ0v) is 16.9. The molecule has 0 aliphatic heterocycles. The number of carbonyl (C=O) groups is 2. The number of amides is 1.